The Labute approximate surface area is 181 Å². The van der Waals surface area contributed by atoms with Crippen LogP contribution >= 0.6 is 0 Å². The summed E-state index contributed by atoms with van der Waals surface area (Å²) in [6.45, 7) is 5.10. The Morgan fingerprint density at radius 2 is 1.45 bits per heavy atom. The average Bonchev–Trinajstić information content (AvgIpc) is 3.01. The van der Waals surface area contributed by atoms with Gasteiger partial charge in [-0.15, -0.1) is 0 Å². The van der Waals surface area contributed by atoms with Gasteiger partial charge in [0.2, 0.25) is 0 Å². The second-order valence-electron chi connectivity index (χ2n) is 7.98. The summed E-state index contributed by atoms with van der Waals surface area (Å²) in [5.41, 5.74) is 1.46. The monoisotopic (exact) mass is 422 g/mol. The number of hydrogen-bond donors (Lipinski definition) is 1. The first kappa shape index (κ1) is 22.2. The van der Waals surface area contributed by atoms with Gasteiger partial charge in [-0.25, -0.2) is 4.79 Å². The Kier molecular flexibility index (Phi) is 6.84. The second kappa shape index (κ2) is 9.55. The molecular formula is C24H26N2O5. The maximum atomic E-state index is 12.8. The number of nitrogens with one attached hydrogen (secondary N) is 1. The zero-order valence-corrected chi connectivity index (χ0v) is 17.8. The molecule has 0 saturated carbocycles. The Morgan fingerprint density at radius 3 is 2.00 bits per heavy atom. The van der Waals surface area contributed by atoms with Crippen molar-refractivity contribution in [3.8, 4) is 0 Å². The van der Waals surface area contributed by atoms with E-state index in [2.05, 4.69) is 5.32 Å². The molecule has 0 spiro atoms. The number of benzene rings is 2. The SMILES string of the molecule is CC(C)C[C@@H](C(=O)OCC(=O)N[C@H](C)c1ccccc1)N1C(=O)c2ccccc2C1=O. The summed E-state index contributed by atoms with van der Waals surface area (Å²) >= 11 is 0. The molecule has 7 heteroatoms. The minimum absolute atomic E-state index is 0.0220. The van der Waals surface area contributed by atoms with Gasteiger partial charge in [0.15, 0.2) is 6.61 Å². The van der Waals surface area contributed by atoms with Crippen LogP contribution in [-0.2, 0) is 14.3 Å². The summed E-state index contributed by atoms with van der Waals surface area (Å²) in [6.07, 6.45) is 0.242. The highest BCUT2D eigenvalue weighted by Crippen LogP contribution is 2.27. The highest BCUT2D eigenvalue weighted by atomic mass is 16.5. The number of carbonyl (C=O) groups excluding carboxylic acids is 4. The summed E-state index contributed by atoms with van der Waals surface area (Å²) in [6, 6.07) is 14.5. The van der Waals surface area contributed by atoms with Crippen molar-refractivity contribution in [3.05, 3.63) is 71.3 Å². The van der Waals surface area contributed by atoms with Gasteiger partial charge in [0.1, 0.15) is 6.04 Å². The van der Waals surface area contributed by atoms with Crippen LogP contribution in [0.5, 0.6) is 0 Å². The van der Waals surface area contributed by atoms with E-state index in [1.165, 1.54) is 0 Å². The predicted molar refractivity (Wildman–Crippen MR) is 114 cm³/mol. The lowest BCUT2D eigenvalue weighted by Crippen LogP contribution is -2.47. The summed E-state index contributed by atoms with van der Waals surface area (Å²) in [4.78, 5) is 51.6. The Morgan fingerprint density at radius 1 is 0.903 bits per heavy atom. The summed E-state index contributed by atoms with van der Waals surface area (Å²) in [7, 11) is 0. The van der Waals surface area contributed by atoms with E-state index >= 15 is 0 Å². The van der Waals surface area contributed by atoms with E-state index < -0.39 is 36.3 Å². The standard InChI is InChI=1S/C24H26N2O5/c1-15(2)13-20(26-22(28)18-11-7-8-12-19(18)23(26)29)24(30)31-14-21(27)25-16(3)17-9-5-4-6-10-17/h4-12,15-16,20H,13-14H2,1-3H3,(H,25,27)/t16-,20+/m1/s1. The molecule has 31 heavy (non-hydrogen) atoms. The van der Waals surface area contributed by atoms with Crippen LogP contribution in [-0.4, -0.2) is 41.2 Å². The van der Waals surface area contributed by atoms with E-state index in [9.17, 15) is 19.2 Å². The largest absolute Gasteiger partial charge is 0.454 e. The first-order chi connectivity index (χ1) is 14.8. The van der Waals surface area contributed by atoms with E-state index in [-0.39, 0.29) is 29.5 Å². The smallest absolute Gasteiger partial charge is 0.329 e. The Balaban J connectivity index is 1.66. The van der Waals surface area contributed by atoms with Crippen LogP contribution in [0, 0.1) is 5.92 Å². The quantitative estimate of drug-likeness (QED) is 0.521. The third-order valence-corrected chi connectivity index (χ3v) is 5.13. The molecule has 2 aromatic rings. The molecule has 0 unspecified atom stereocenters. The third-order valence-electron chi connectivity index (χ3n) is 5.13. The molecule has 0 bridgehead atoms. The van der Waals surface area contributed by atoms with Gasteiger partial charge in [-0.2, -0.15) is 0 Å². The number of esters is 1. The van der Waals surface area contributed by atoms with Gasteiger partial charge in [0.25, 0.3) is 17.7 Å². The topological polar surface area (TPSA) is 92.8 Å². The molecule has 1 aliphatic rings. The number of rotatable bonds is 8. The lowest BCUT2D eigenvalue weighted by Gasteiger charge is -2.26. The minimum atomic E-state index is -1.09. The van der Waals surface area contributed by atoms with Crippen molar-refractivity contribution in [1.82, 2.24) is 10.2 Å². The number of nitrogens with zero attached hydrogens (tertiary/aromatic N) is 1. The fraction of sp³-hybridized carbons (Fsp3) is 0.333. The average molecular weight is 422 g/mol. The number of ether oxygens (including phenoxy) is 1. The van der Waals surface area contributed by atoms with Gasteiger partial charge in [0, 0.05) is 0 Å². The first-order valence-electron chi connectivity index (χ1n) is 10.3. The van der Waals surface area contributed by atoms with Gasteiger partial charge in [-0.3, -0.25) is 19.3 Å². The van der Waals surface area contributed by atoms with Crippen LogP contribution in [0.1, 0.15) is 59.5 Å². The molecule has 162 valence electrons. The normalized spacial score (nSPS) is 14.9. The summed E-state index contributed by atoms with van der Waals surface area (Å²) in [5, 5.41) is 2.77. The zero-order valence-electron chi connectivity index (χ0n) is 17.8. The molecule has 1 N–H and O–H groups in total. The fourth-order valence-electron chi connectivity index (χ4n) is 3.59. The number of carbonyl (C=O) groups is 4. The second-order valence-corrected chi connectivity index (χ2v) is 7.98. The highest BCUT2D eigenvalue weighted by Gasteiger charge is 2.43. The van der Waals surface area contributed by atoms with Crippen LogP contribution < -0.4 is 5.32 Å². The Hall–Kier alpha value is -3.48. The molecule has 1 aliphatic heterocycles. The molecule has 0 saturated heterocycles. The lowest BCUT2D eigenvalue weighted by atomic mass is 10.0. The van der Waals surface area contributed by atoms with Crippen molar-refractivity contribution in [2.45, 2.75) is 39.3 Å². The van der Waals surface area contributed by atoms with Crippen LogP contribution in [0.3, 0.4) is 0 Å². The molecule has 0 radical (unpaired) electrons. The highest BCUT2D eigenvalue weighted by molar-refractivity contribution is 6.22. The number of hydrogen-bond acceptors (Lipinski definition) is 5. The molecular weight excluding hydrogens is 396 g/mol. The Bertz CT molecular complexity index is 951. The molecule has 0 aromatic heterocycles. The molecule has 3 rings (SSSR count). The lowest BCUT2D eigenvalue weighted by molar-refractivity contribution is -0.153. The van der Waals surface area contributed by atoms with Gasteiger partial charge in [0.05, 0.1) is 17.2 Å². The molecule has 2 atom stereocenters. The van der Waals surface area contributed by atoms with Crippen LogP contribution in [0.2, 0.25) is 0 Å². The van der Waals surface area contributed by atoms with Crippen LogP contribution in [0.25, 0.3) is 0 Å². The number of fused-ring (bicyclic) bond motifs is 1. The van der Waals surface area contributed by atoms with Crippen molar-refractivity contribution in [2.75, 3.05) is 6.61 Å². The van der Waals surface area contributed by atoms with Crippen molar-refractivity contribution in [1.29, 1.82) is 0 Å². The van der Waals surface area contributed by atoms with Crippen LogP contribution in [0.4, 0.5) is 0 Å². The summed E-state index contributed by atoms with van der Waals surface area (Å²) < 4.78 is 5.21. The maximum absolute atomic E-state index is 12.8. The molecule has 2 aromatic carbocycles. The van der Waals surface area contributed by atoms with Gasteiger partial charge in [-0.1, -0.05) is 56.3 Å². The molecule has 7 nitrogen and oxygen atoms in total. The predicted octanol–water partition coefficient (Wildman–Crippen LogP) is 3.12. The number of amides is 3. The van der Waals surface area contributed by atoms with Crippen molar-refractivity contribution in [3.63, 3.8) is 0 Å². The molecule has 0 aliphatic carbocycles. The molecule has 1 heterocycles. The van der Waals surface area contributed by atoms with Crippen molar-refractivity contribution < 1.29 is 23.9 Å². The third kappa shape index (κ3) is 4.99. The van der Waals surface area contributed by atoms with Crippen LogP contribution in [0.15, 0.2) is 54.6 Å². The van der Waals surface area contributed by atoms with Gasteiger partial charge in [-0.05, 0) is 37.0 Å². The fourth-order valence-corrected chi connectivity index (χ4v) is 3.59. The van der Waals surface area contributed by atoms with E-state index in [1.54, 1.807) is 24.3 Å². The van der Waals surface area contributed by atoms with E-state index in [4.69, 9.17) is 4.74 Å². The maximum Gasteiger partial charge on any atom is 0.329 e. The molecule has 0 fully saturated rings. The zero-order chi connectivity index (χ0) is 22.5. The summed E-state index contributed by atoms with van der Waals surface area (Å²) in [5.74, 6) is -2.26. The minimum Gasteiger partial charge on any atom is -0.454 e. The number of imide groups is 1. The van der Waals surface area contributed by atoms with Crippen molar-refractivity contribution >= 4 is 23.7 Å². The van der Waals surface area contributed by atoms with Gasteiger partial charge >= 0.3 is 5.97 Å². The van der Waals surface area contributed by atoms with Crippen molar-refractivity contribution in [2.24, 2.45) is 5.92 Å². The molecule has 3 amide bonds. The van der Waals surface area contributed by atoms with E-state index in [0.717, 1.165) is 10.5 Å². The van der Waals surface area contributed by atoms with E-state index in [1.807, 2.05) is 51.1 Å². The first-order valence-corrected chi connectivity index (χ1v) is 10.3. The van der Waals surface area contributed by atoms with E-state index in [0.29, 0.717) is 0 Å². The van der Waals surface area contributed by atoms with Gasteiger partial charge < -0.3 is 10.1 Å².